The second kappa shape index (κ2) is 5.25. The van der Waals surface area contributed by atoms with Crippen molar-refractivity contribution >= 4 is 5.69 Å². The fourth-order valence-corrected chi connectivity index (χ4v) is 2.11. The fraction of sp³-hybridized carbons (Fsp3) is 0.0588. The number of rotatable bonds is 3. The van der Waals surface area contributed by atoms with Gasteiger partial charge in [0.1, 0.15) is 11.5 Å². The van der Waals surface area contributed by atoms with Crippen LogP contribution in [0.5, 0.6) is 0 Å². The van der Waals surface area contributed by atoms with Gasteiger partial charge in [-0.25, -0.2) is 0 Å². The summed E-state index contributed by atoms with van der Waals surface area (Å²) in [7, 11) is 0. The van der Waals surface area contributed by atoms with Crippen molar-refractivity contribution in [2.75, 3.05) is 0 Å². The van der Waals surface area contributed by atoms with Crippen molar-refractivity contribution in [3.8, 4) is 22.6 Å². The van der Waals surface area contributed by atoms with Crippen molar-refractivity contribution in [3.05, 3.63) is 76.3 Å². The largest absolute Gasteiger partial charge is 0.456 e. The number of furan rings is 1. The fourth-order valence-electron chi connectivity index (χ4n) is 2.11. The van der Waals surface area contributed by atoms with Crippen LogP contribution in [0.1, 0.15) is 5.56 Å². The van der Waals surface area contributed by atoms with Gasteiger partial charge in [0.05, 0.1) is 4.92 Å². The number of nitrogens with zero attached hydrogens (tertiary/aromatic N) is 1. The predicted molar refractivity (Wildman–Crippen MR) is 81.0 cm³/mol. The SMILES string of the molecule is Cc1ccc(-c2ccc(-c3ccc([N+](=O)[O-])cc3)o2)cc1. The summed E-state index contributed by atoms with van der Waals surface area (Å²) in [5.41, 5.74) is 3.10. The van der Waals surface area contributed by atoms with Crippen molar-refractivity contribution in [1.82, 2.24) is 0 Å². The molecule has 0 N–H and O–H groups in total. The monoisotopic (exact) mass is 279 g/mol. The first-order valence-electron chi connectivity index (χ1n) is 6.55. The third kappa shape index (κ3) is 2.69. The minimum Gasteiger partial charge on any atom is -0.456 e. The van der Waals surface area contributed by atoms with E-state index < -0.39 is 4.92 Å². The Morgan fingerprint density at radius 1 is 0.810 bits per heavy atom. The van der Waals surface area contributed by atoms with Crippen LogP contribution in [0.25, 0.3) is 22.6 Å². The zero-order valence-electron chi connectivity index (χ0n) is 11.4. The van der Waals surface area contributed by atoms with Crippen molar-refractivity contribution in [2.45, 2.75) is 6.92 Å². The van der Waals surface area contributed by atoms with Crippen LogP contribution in [-0.4, -0.2) is 4.92 Å². The molecule has 4 heteroatoms. The molecule has 0 spiro atoms. The third-order valence-electron chi connectivity index (χ3n) is 3.30. The van der Waals surface area contributed by atoms with Gasteiger partial charge in [0, 0.05) is 23.3 Å². The molecule has 0 unspecified atom stereocenters. The van der Waals surface area contributed by atoms with Crippen LogP contribution in [0.2, 0.25) is 0 Å². The molecule has 0 bridgehead atoms. The summed E-state index contributed by atoms with van der Waals surface area (Å²) in [5.74, 6) is 1.48. The van der Waals surface area contributed by atoms with Crippen LogP contribution in [0, 0.1) is 17.0 Å². The highest BCUT2D eigenvalue weighted by Gasteiger charge is 2.09. The molecule has 0 saturated heterocycles. The number of benzene rings is 2. The van der Waals surface area contributed by atoms with E-state index in [2.05, 4.69) is 0 Å². The molecule has 0 saturated carbocycles. The average molecular weight is 279 g/mol. The van der Waals surface area contributed by atoms with E-state index in [1.165, 1.54) is 17.7 Å². The lowest BCUT2D eigenvalue weighted by atomic mass is 10.1. The van der Waals surface area contributed by atoms with Crippen molar-refractivity contribution < 1.29 is 9.34 Å². The highest BCUT2D eigenvalue weighted by molar-refractivity contribution is 5.65. The van der Waals surface area contributed by atoms with E-state index in [-0.39, 0.29) is 5.69 Å². The number of non-ortho nitro benzene ring substituents is 1. The summed E-state index contributed by atoms with van der Waals surface area (Å²) >= 11 is 0. The number of hydrogen-bond acceptors (Lipinski definition) is 3. The molecule has 21 heavy (non-hydrogen) atoms. The van der Waals surface area contributed by atoms with Crippen LogP contribution < -0.4 is 0 Å². The Balaban J connectivity index is 1.90. The van der Waals surface area contributed by atoms with Crippen molar-refractivity contribution in [1.29, 1.82) is 0 Å². The second-order valence-electron chi connectivity index (χ2n) is 4.83. The molecule has 2 aromatic carbocycles. The molecule has 4 nitrogen and oxygen atoms in total. The molecule has 0 atom stereocenters. The van der Waals surface area contributed by atoms with E-state index in [1.54, 1.807) is 12.1 Å². The van der Waals surface area contributed by atoms with Crippen LogP contribution in [0.15, 0.2) is 65.1 Å². The topological polar surface area (TPSA) is 56.3 Å². The lowest BCUT2D eigenvalue weighted by Gasteiger charge is -1.99. The summed E-state index contributed by atoms with van der Waals surface area (Å²) in [6.07, 6.45) is 0. The summed E-state index contributed by atoms with van der Waals surface area (Å²) in [6, 6.07) is 18.2. The van der Waals surface area contributed by atoms with Gasteiger partial charge >= 0.3 is 0 Å². The van der Waals surface area contributed by atoms with E-state index in [1.807, 2.05) is 43.3 Å². The second-order valence-corrected chi connectivity index (χ2v) is 4.83. The zero-order chi connectivity index (χ0) is 14.8. The van der Waals surface area contributed by atoms with Crippen LogP contribution in [0.3, 0.4) is 0 Å². The van der Waals surface area contributed by atoms with Gasteiger partial charge in [0.2, 0.25) is 0 Å². The Morgan fingerprint density at radius 2 is 1.29 bits per heavy atom. The van der Waals surface area contributed by atoms with E-state index in [4.69, 9.17) is 4.42 Å². The molecular weight excluding hydrogens is 266 g/mol. The Hall–Kier alpha value is -2.88. The van der Waals surface area contributed by atoms with Crippen LogP contribution in [0.4, 0.5) is 5.69 Å². The summed E-state index contributed by atoms with van der Waals surface area (Å²) < 4.78 is 5.83. The van der Waals surface area contributed by atoms with E-state index >= 15 is 0 Å². The molecule has 0 aliphatic carbocycles. The maximum Gasteiger partial charge on any atom is 0.269 e. The molecule has 0 aliphatic rings. The molecule has 104 valence electrons. The van der Waals surface area contributed by atoms with Gasteiger partial charge in [-0.05, 0) is 31.2 Å². The van der Waals surface area contributed by atoms with Gasteiger partial charge in [-0.1, -0.05) is 29.8 Å². The molecule has 1 heterocycles. The molecule has 3 aromatic rings. The zero-order valence-corrected chi connectivity index (χ0v) is 11.4. The smallest absolute Gasteiger partial charge is 0.269 e. The normalized spacial score (nSPS) is 10.5. The van der Waals surface area contributed by atoms with Crippen molar-refractivity contribution in [3.63, 3.8) is 0 Å². The lowest BCUT2D eigenvalue weighted by Crippen LogP contribution is -1.86. The lowest BCUT2D eigenvalue weighted by molar-refractivity contribution is -0.384. The van der Waals surface area contributed by atoms with E-state index in [0.29, 0.717) is 5.76 Å². The molecule has 0 fully saturated rings. The Morgan fingerprint density at radius 3 is 1.76 bits per heavy atom. The first kappa shape index (κ1) is 13.1. The highest BCUT2D eigenvalue weighted by Crippen LogP contribution is 2.29. The van der Waals surface area contributed by atoms with Gasteiger partial charge < -0.3 is 4.42 Å². The Labute approximate surface area is 121 Å². The molecule has 0 aliphatic heterocycles. The first-order chi connectivity index (χ1) is 10.1. The summed E-state index contributed by atoms with van der Waals surface area (Å²) in [6.45, 7) is 2.04. The molecule has 0 radical (unpaired) electrons. The number of nitro benzene ring substituents is 1. The van der Waals surface area contributed by atoms with Crippen LogP contribution >= 0.6 is 0 Å². The minimum absolute atomic E-state index is 0.0732. The maximum absolute atomic E-state index is 10.6. The van der Waals surface area contributed by atoms with E-state index in [0.717, 1.165) is 16.9 Å². The molecule has 1 aromatic heterocycles. The number of aryl methyl sites for hydroxylation is 1. The van der Waals surface area contributed by atoms with Gasteiger partial charge in [0.25, 0.3) is 5.69 Å². The van der Waals surface area contributed by atoms with Crippen molar-refractivity contribution in [2.24, 2.45) is 0 Å². The minimum atomic E-state index is -0.413. The quantitative estimate of drug-likeness (QED) is 0.509. The first-order valence-corrected chi connectivity index (χ1v) is 6.55. The number of hydrogen-bond donors (Lipinski definition) is 0. The summed E-state index contributed by atoms with van der Waals surface area (Å²) in [4.78, 5) is 10.2. The van der Waals surface area contributed by atoms with E-state index in [9.17, 15) is 10.1 Å². The van der Waals surface area contributed by atoms with Crippen LogP contribution in [-0.2, 0) is 0 Å². The Bertz CT molecular complexity index is 771. The molecular formula is C17H13NO3. The van der Waals surface area contributed by atoms with Gasteiger partial charge in [-0.2, -0.15) is 0 Å². The number of nitro groups is 1. The highest BCUT2D eigenvalue weighted by atomic mass is 16.6. The standard InChI is InChI=1S/C17H13NO3/c1-12-2-4-13(5-3-12)16-10-11-17(21-16)14-6-8-15(9-7-14)18(19)20/h2-11H,1H3. The van der Waals surface area contributed by atoms with Gasteiger partial charge in [-0.3, -0.25) is 10.1 Å². The maximum atomic E-state index is 10.6. The summed E-state index contributed by atoms with van der Waals surface area (Å²) in [5, 5.41) is 10.6. The molecule has 3 rings (SSSR count). The third-order valence-corrected chi connectivity index (χ3v) is 3.30. The predicted octanol–water partition coefficient (Wildman–Crippen LogP) is 4.83. The Kier molecular flexibility index (Phi) is 3.28. The molecule has 0 amide bonds. The van der Waals surface area contributed by atoms with Gasteiger partial charge in [0.15, 0.2) is 0 Å². The van der Waals surface area contributed by atoms with Gasteiger partial charge in [-0.15, -0.1) is 0 Å². The average Bonchev–Trinajstić information content (AvgIpc) is 2.98.